The molecule has 100 valence electrons. The summed E-state index contributed by atoms with van der Waals surface area (Å²) < 4.78 is 5.22. The Labute approximate surface area is 123 Å². The van der Waals surface area contributed by atoms with Crippen molar-refractivity contribution in [3.8, 4) is 5.75 Å². The maximum Gasteiger partial charge on any atom is 0.129 e. The quantitative estimate of drug-likeness (QED) is 0.726. The van der Waals surface area contributed by atoms with Crippen LogP contribution in [0.3, 0.4) is 0 Å². The van der Waals surface area contributed by atoms with Gasteiger partial charge in [0.2, 0.25) is 0 Å². The van der Waals surface area contributed by atoms with Crippen LogP contribution in [0, 0.1) is 0 Å². The van der Waals surface area contributed by atoms with Crippen molar-refractivity contribution in [1.82, 2.24) is 0 Å². The van der Waals surface area contributed by atoms with Crippen LogP contribution in [0.2, 0.25) is 0 Å². The average Bonchev–Trinajstić information content (AvgIpc) is 2.95. The van der Waals surface area contributed by atoms with Crippen LogP contribution in [0.1, 0.15) is 39.8 Å². The molecule has 3 heteroatoms. The van der Waals surface area contributed by atoms with Crippen LogP contribution in [-0.4, -0.2) is 7.11 Å². The van der Waals surface area contributed by atoms with Gasteiger partial charge in [0.05, 0.1) is 12.5 Å². The second-order valence-electron chi connectivity index (χ2n) is 4.99. The summed E-state index contributed by atoms with van der Waals surface area (Å²) in [6, 6.07) is 8.75. The topological polar surface area (TPSA) is 9.23 Å². The van der Waals surface area contributed by atoms with E-state index in [1.165, 1.54) is 42.4 Å². The predicted molar refractivity (Wildman–Crippen MR) is 81.7 cm³/mol. The van der Waals surface area contributed by atoms with Crippen molar-refractivity contribution in [3.05, 3.63) is 51.2 Å². The lowest BCUT2D eigenvalue weighted by molar-refractivity contribution is 0.416. The van der Waals surface area contributed by atoms with Gasteiger partial charge in [-0.05, 0) is 48.4 Å². The summed E-state index contributed by atoms with van der Waals surface area (Å²) in [6.45, 7) is 0. The molecule has 1 aliphatic rings. The summed E-state index contributed by atoms with van der Waals surface area (Å²) in [4.78, 5) is 1.15. The number of hydrogen-bond donors (Lipinski definition) is 0. The van der Waals surface area contributed by atoms with Gasteiger partial charge in [0.1, 0.15) is 5.75 Å². The highest BCUT2D eigenvalue weighted by Crippen LogP contribution is 2.36. The molecule has 0 saturated carbocycles. The van der Waals surface area contributed by atoms with Crippen molar-refractivity contribution < 1.29 is 4.74 Å². The second kappa shape index (κ2) is 5.56. The second-order valence-corrected chi connectivity index (χ2v) is 6.37. The molecule has 1 aromatic heterocycles. The number of rotatable bonds is 3. The standard InChI is InChI=1S/C16H17ClOS/c1-18-14-9-15(19-10-14)16(17)13-7-6-11-4-2-3-5-12(11)8-13/h6-10,16H,2-5H2,1H3. The fourth-order valence-electron chi connectivity index (χ4n) is 2.65. The number of methoxy groups -OCH3 is 1. The summed E-state index contributed by atoms with van der Waals surface area (Å²) >= 11 is 8.26. The minimum absolute atomic E-state index is 0.0684. The molecule has 2 aromatic rings. The minimum atomic E-state index is -0.0684. The van der Waals surface area contributed by atoms with Gasteiger partial charge in [0.15, 0.2) is 0 Å². The molecule has 3 rings (SSSR count). The van der Waals surface area contributed by atoms with Gasteiger partial charge < -0.3 is 4.74 Å². The number of alkyl halides is 1. The lowest BCUT2D eigenvalue weighted by Crippen LogP contribution is -2.03. The molecular formula is C16H17ClOS. The number of benzene rings is 1. The Kier molecular flexibility index (Phi) is 3.81. The first-order valence-electron chi connectivity index (χ1n) is 6.66. The van der Waals surface area contributed by atoms with Crippen LogP contribution in [-0.2, 0) is 12.8 Å². The molecule has 1 unspecified atom stereocenters. The average molecular weight is 293 g/mol. The van der Waals surface area contributed by atoms with Crippen LogP contribution in [0.5, 0.6) is 5.75 Å². The first-order chi connectivity index (χ1) is 9.28. The zero-order valence-corrected chi connectivity index (χ0v) is 12.6. The summed E-state index contributed by atoms with van der Waals surface area (Å²) in [6.07, 6.45) is 5.03. The normalized spacial score (nSPS) is 15.9. The molecule has 1 atom stereocenters. The van der Waals surface area contributed by atoms with Crippen LogP contribution in [0.25, 0.3) is 0 Å². The summed E-state index contributed by atoms with van der Waals surface area (Å²) in [5.41, 5.74) is 4.19. The Morgan fingerprint density at radius 1 is 1.16 bits per heavy atom. The van der Waals surface area contributed by atoms with Gasteiger partial charge in [-0.3, -0.25) is 0 Å². The molecular weight excluding hydrogens is 276 g/mol. The van der Waals surface area contributed by atoms with E-state index in [1.54, 1.807) is 18.4 Å². The highest BCUT2D eigenvalue weighted by molar-refractivity contribution is 7.10. The third-order valence-electron chi connectivity index (χ3n) is 3.75. The zero-order valence-electron chi connectivity index (χ0n) is 11.0. The maximum absolute atomic E-state index is 6.60. The molecule has 19 heavy (non-hydrogen) atoms. The first-order valence-corrected chi connectivity index (χ1v) is 7.98. The van der Waals surface area contributed by atoms with E-state index >= 15 is 0 Å². The van der Waals surface area contributed by atoms with Crippen LogP contribution in [0.15, 0.2) is 29.6 Å². The van der Waals surface area contributed by atoms with Crippen LogP contribution in [0.4, 0.5) is 0 Å². The Morgan fingerprint density at radius 3 is 2.68 bits per heavy atom. The molecule has 1 nitrogen and oxygen atoms in total. The van der Waals surface area contributed by atoms with Crippen molar-refractivity contribution in [2.75, 3.05) is 7.11 Å². The maximum atomic E-state index is 6.60. The lowest BCUT2D eigenvalue weighted by Gasteiger charge is -2.18. The third kappa shape index (κ3) is 2.65. The predicted octanol–water partition coefficient (Wildman–Crippen LogP) is 4.96. The monoisotopic (exact) mass is 292 g/mol. The molecule has 0 aliphatic heterocycles. The summed E-state index contributed by atoms with van der Waals surface area (Å²) in [5.74, 6) is 0.892. The van der Waals surface area contributed by atoms with E-state index in [0.717, 1.165) is 10.6 Å². The van der Waals surface area contributed by atoms with E-state index in [1.807, 2.05) is 11.4 Å². The minimum Gasteiger partial charge on any atom is -0.496 e. The van der Waals surface area contributed by atoms with E-state index in [4.69, 9.17) is 16.3 Å². The van der Waals surface area contributed by atoms with Crippen LogP contribution < -0.4 is 4.74 Å². The molecule has 1 aliphatic carbocycles. The fraction of sp³-hybridized carbons (Fsp3) is 0.375. The van der Waals surface area contributed by atoms with Gasteiger partial charge in [-0.15, -0.1) is 22.9 Å². The van der Waals surface area contributed by atoms with Gasteiger partial charge in [-0.25, -0.2) is 0 Å². The number of halogens is 1. The number of aryl methyl sites for hydroxylation is 2. The smallest absolute Gasteiger partial charge is 0.129 e. The van der Waals surface area contributed by atoms with Crippen molar-refractivity contribution in [3.63, 3.8) is 0 Å². The Morgan fingerprint density at radius 2 is 1.95 bits per heavy atom. The van der Waals surface area contributed by atoms with E-state index in [-0.39, 0.29) is 5.38 Å². The molecule has 0 saturated heterocycles. The number of hydrogen-bond acceptors (Lipinski definition) is 2. The molecule has 0 spiro atoms. The largest absolute Gasteiger partial charge is 0.496 e. The van der Waals surface area contributed by atoms with E-state index < -0.39 is 0 Å². The van der Waals surface area contributed by atoms with Crippen LogP contribution >= 0.6 is 22.9 Å². The highest BCUT2D eigenvalue weighted by Gasteiger charge is 2.16. The number of fused-ring (bicyclic) bond motifs is 1. The fourth-order valence-corrected chi connectivity index (χ4v) is 3.86. The van der Waals surface area contributed by atoms with Crippen molar-refractivity contribution in [2.45, 2.75) is 31.1 Å². The van der Waals surface area contributed by atoms with Crippen molar-refractivity contribution in [1.29, 1.82) is 0 Å². The molecule has 1 aromatic carbocycles. The van der Waals surface area contributed by atoms with Gasteiger partial charge >= 0.3 is 0 Å². The van der Waals surface area contributed by atoms with E-state index in [9.17, 15) is 0 Å². The van der Waals surface area contributed by atoms with E-state index in [2.05, 4.69) is 18.2 Å². The van der Waals surface area contributed by atoms with E-state index in [0.29, 0.717) is 0 Å². The Balaban J connectivity index is 1.88. The number of thiophene rings is 1. The van der Waals surface area contributed by atoms with Crippen molar-refractivity contribution >= 4 is 22.9 Å². The molecule has 0 amide bonds. The zero-order chi connectivity index (χ0) is 13.2. The lowest BCUT2D eigenvalue weighted by atomic mass is 9.90. The first kappa shape index (κ1) is 13.0. The van der Waals surface area contributed by atoms with Gasteiger partial charge in [0, 0.05) is 10.3 Å². The summed E-state index contributed by atoms with van der Waals surface area (Å²) in [5, 5.41) is 1.93. The SMILES string of the molecule is COc1csc(C(Cl)c2ccc3c(c2)CCCC3)c1. The molecule has 0 radical (unpaired) electrons. The molecule has 0 bridgehead atoms. The summed E-state index contributed by atoms with van der Waals surface area (Å²) in [7, 11) is 1.69. The molecule has 0 fully saturated rings. The number of ether oxygens (including phenoxy) is 1. The Hall–Kier alpha value is -0.990. The third-order valence-corrected chi connectivity index (χ3v) is 5.34. The van der Waals surface area contributed by atoms with Gasteiger partial charge in [0.25, 0.3) is 0 Å². The molecule has 1 heterocycles. The highest BCUT2D eigenvalue weighted by atomic mass is 35.5. The van der Waals surface area contributed by atoms with Gasteiger partial charge in [-0.2, -0.15) is 0 Å². The van der Waals surface area contributed by atoms with Crippen molar-refractivity contribution in [2.24, 2.45) is 0 Å². The molecule has 0 N–H and O–H groups in total. The Bertz CT molecular complexity index is 576. The van der Waals surface area contributed by atoms with Gasteiger partial charge in [-0.1, -0.05) is 18.2 Å².